The van der Waals surface area contributed by atoms with Crippen molar-refractivity contribution in [2.75, 3.05) is 19.1 Å². The van der Waals surface area contributed by atoms with Gasteiger partial charge in [0, 0.05) is 13.0 Å². The van der Waals surface area contributed by atoms with Gasteiger partial charge in [-0.15, -0.1) is 23.2 Å². The van der Waals surface area contributed by atoms with Crippen LogP contribution in [-0.2, 0) is 25.6 Å². The number of nitrogens with zero attached hydrogens (tertiary/aromatic N) is 2. The minimum Gasteiger partial charge on any atom is -0.504 e. The number of aryl methyl sites for hydroxylation is 1. The van der Waals surface area contributed by atoms with Gasteiger partial charge in [-0.25, -0.2) is 0 Å². The van der Waals surface area contributed by atoms with Gasteiger partial charge >= 0.3 is 0 Å². The maximum Gasteiger partial charge on any atom is 0.253 e. The van der Waals surface area contributed by atoms with Gasteiger partial charge in [0.15, 0.2) is 21.2 Å². The molecule has 6 atom stereocenters. The highest BCUT2D eigenvalue weighted by molar-refractivity contribution is 14.1. The summed E-state index contributed by atoms with van der Waals surface area (Å²) in [6.45, 7) is 2.03. The summed E-state index contributed by atoms with van der Waals surface area (Å²) in [6.07, 6.45) is 2.90. The SMILES string of the molecule is CCc1ccc(N2C(=O)C3CC=C4C(CC5(Cl)C(=O)N(C)C(=O)C5(Cl)C4c4cc(I)c(O)c(OC)c4)C3C2=O)cc1. The Morgan fingerprint density at radius 1 is 1.05 bits per heavy atom. The lowest BCUT2D eigenvalue weighted by Crippen LogP contribution is -2.60. The Morgan fingerprint density at radius 3 is 2.37 bits per heavy atom. The Kier molecular flexibility index (Phi) is 6.74. The van der Waals surface area contributed by atoms with E-state index in [9.17, 15) is 24.3 Å². The van der Waals surface area contributed by atoms with E-state index in [1.165, 1.54) is 19.1 Å². The van der Waals surface area contributed by atoms with E-state index < -0.39 is 45.2 Å². The molecule has 2 saturated heterocycles. The van der Waals surface area contributed by atoms with Crippen LogP contribution in [0.3, 0.4) is 0 Å². The maximum atomic E-state index is 14.1. The number of amides is 4. The van der Waals surface area contributed by atoms with Gasteiger partial charge in [0.1, 0.15) is 0 Å². The van der Waals surface area contributed by atoms with Crippen molar-refractivity contribution in [2.24, 2.45) is 17.8 Å². The van der Waals surface area contributed by atoms with Crippen molar-refractivity contribution in [3.05, 3.63) is 62.7 Å². The third kappa shape index (κ3) is 3.70. The van der Waals surface area contributed by atoms with Gasteiger partial charge < -0.3 is 9.84 Å². The first-order valence-electron chi connectivity index (χ1n) is 13.3. The summed E-state index contributed by atoms with van der Waals surface area (Å²) in [5, 5.41) is 10.5. The summed E-state index contributed by atoms with van der Waals surface area (Å²) in [5.41, 5.74) is 2.78. The number of ether oxygens (including phenoxy) is 1. The summed E-state index contributed by atoms with van der Waals surface area (Å²) in [7, 11) is 2.76. The molecule has 2 aliphatic heterocycles. The van der Waals surface area contributed by atoms with Crippen LogP contribution < -0.4 is 9.64 Å². The highest BCUT2D eigenvalue weighted by Crippen LogP contribution is 2.65. The van der Waals surface area contributed by atoms with Crippen molar-refractivity contribution >= 4 is 75.1 Å². The Labute approximate surface area is 260 Å². The molecule has 41 heavy (non-hydrogen) atoms. The predicted molar refractivity (Wildman–Crippen MR) is 161 cm³/mol. The summed E-state index contributed by atoms with van der Waals surface area (Å²) < 4.78 is 5.85. The number of allylic oxidation sites excluding steroid dienone is 2. The Hall–Kier alpha value is -2.63. The van der Waals surface area contributed by atoms with Crippen LogP contribution in [-0.4, -0.2) is 57.5 Å². The molecule has 2 aromatic carbocycles. The van der Waals surface area contributed by atoms with Gasteiger partial charge in [0.05, 0.1) is 28.2 Å². The fourth-order valence-corrected chi connectivity index (χ4v) is 8.81. The van der Waals surface area contributed by atoms with Crippen LogP contribution in [0.2, 0.25) is 0 Å². The average molecular weight is 709 g/mol. The lowest BCUT2D eigenvalue weighted by atomic mass is 9.56. The number of rotatable bonds is 4. The van der Waals surface area contributed by atoms with Gasteiger partial charge in [0.2, 0.25) is 11.8 Å². The smallest absolute Gasteiger partial charge is 0.253 e. The number of carbonyl (C=O) groups excluding carboxylic acids is 4. The number of alkyl halides is 2. The number of hydrogen-bond donors (Lipinski definition) is 1. The van der Waals surface area contributed by atoms with Crippen molar-refractivity contribution in [3.8, 4) is 11.5 Å². The molecular formula is C30H27Cl2IN2O6. The molecule has 2 aliphatic carbocycles. The summed E-state index contributed by atoms with van der Waals surface area (Å²) in [4.78, 5) is 53.5. The highest BCUT2D eigenvalue weighted by atomic mass is 127. The molecule has 0 spiro atoms. The summed E-state index contributed by atoms with van der Waals surface area (Å²) >= 11 is 16.4. The molecule has 2 aromatic rings. The first-order valence-corrected chi connectivity index (χ1v) is 15.2. The van der Waals surface area contributed by atoms with Crippen molar-refractivity contribution in [2.45, 2.75) is 41.9 Å². The third-order valence-corrected chi connectivity index (χ3v) is 11.5. The molecule has 4 aliphatic rings. The van der Waals surface area contributed by atoms with Crippen LogP contribution in [0, 0.1) is 21.3 Å². The lowest BCUT2D eigenvalue weighted by Gasteiger charge is -2.50. The maximum absolute atomic E-state index is 14.1. The second-order valence-electron chi connectivity index (χ2n) is 11.1. The number of benzene rings is 2. The van der Waals surface area contributed by atoms with Crippen LogP contribution in [0.1, 0.15) is 36.8 Å². The standard InChI is InChI=1S/C30H27Cl2IN2O6/c1-4-14-5-7-16(8-6-14)35-25(37)18-10-9-17-19(22(18)26(35)38)13-29(31)27(39)34(2)28(40)30(29,32)23(17)15-11-20(33)24(36)21(12-15)41-3/h5-9,11-12,18-19,22-23,36H,4,10,13H2,1-3H3. The second kappa shape index (κ2) is 9.70. The molecule has 214 valence electrons. The molecule has 1 saturated carbocycles. The van der Waals surface area contributed by atoms with Gasteiger partial charge in [-0.1, -0.05) is 30.7 Å². The van der Waals surface area contributed by atoms with E-state index in [1.54, 1.807) is 24.3 Å². The van der Waals surface area contributed by atoms with Crippen molar-refractivity contribution in [1.82, 2.24) is 4.90 Å². The largest absolute Gasteiger partial charge is 0.504 e. The molecule has 11 heteroatoms. The first-order chi connectivity index (χ1) is 19.4. The van der Waals surface area contributed by atoms with Crippen LogP contribution >= 0.6 is 45.8 Å². The molecule has 6 unspecified atom stereocenters. The van der Waals surface area contributed by atoms with Crippen molar-refractivity contribution < 1.29 is 29.0 Å². The second-order valence-corrected chi connectivity index (χ2v) is 13.5. The van der Waals surface area contributed by atoms with Crippen molar-refractivity contribution in [3.63, 3.8) is 0 Å². The molecule has 0 aromatic heterocycles. The molecule has 0 bridgehead atoms. The van der Waals surface area contributed by atoms with E-state index >= 15 is 0 Å². The molecule has 1 N–H and O–H groups in total. The zero-order valence-corrected chi connectivity index (χ0v) is 26.2. The fourth-order valence-electron chi connectivity index (χ4n) is 7.17. The van der Waals surface area contributed by atoms with E-state index in [2.05, 4.69) is 0 Å². The van der Waals surface area contributed by atoms with E-state index in [0.29, 0.717) is 20.4 Å². The molecule has 6 rings (SSSR count). The average Bonchev–Trinajstić information content (AvgIpc) is 3.29. The number of fused-ring (bicyclic) bond motifs is 4. The monoisotopic (exact) mass is 708 g/mol. The molecule has 2 heterocycles. The molecular weight excluding hydrogens is 682 g/mol. The van der Waals surface area contributed by atoms with Gasteiger partial charge in [0.25, 0.3) is 11.8 Å². The number of halogens is 3. The Bertz CT molecular complexity index is 1560. The van der Waals surface area contributed by atoms with E-state index in [4.69, 9.17) is 27.9 Å². The zero-order chi connectivity index (χ0) is 29.6. The van der Waals surface area contributed by atoms with Crippen LogP contribution in [0.25, 0.3) is 0 Å². The Morgan fingerprint density at radius 2 is 1.73 bits per heavy atom. The van der Waals surface area contributed by atoms with E-state index in [-0.39, 0.29) is 36.2 Å². The topological polar surface area (TPSA) is 104 Å². The van der Waals surface area contributed by atoms with Crippen LogP contribution in [0.5, 0.6) is 11.5 Å². The van der Waals surface area contributed by atoms with Gasteiger partial charge in [-0.2, -0.15) is 0 Å². The minimum atomic E-state index is -1.90. The fraction of sp³-hybridized carbons (Fsp3) is 0.400. The molecule has 8 nitrogen and oxygen atoms in total. The minimum absolute atomic E-state index is 0.0742. The highest BCUT2D eigenvalue weighted by Gasteiger charge is 2.76. The van der Waals surface area contributed by atoms with Gasteiger partial charge in [-0.3, -0.25) is 29.0 Å². The number of phenols is 1. The predicted octanol–water partition coefficient (Wildman–Crippen LogP) is 4.76. The van der Waals surface area contributed by atoms with E-state index in [1.807, 2.05) is 47.7 Å². The summed E-state index contributed by atoms with van der Waals surface area (Å²) in [5.74, 6) is -4.80. The van der Waals surface area contributed by atoms with Crippen LogP contribution in [0.15, 0.2) is 48.0 Å². The first kappa shape index (κ1) is 28.5. The molecule has 3 fully saturated rings. The third-order valence-electron chi connectivity index (χ3n) is 9.22. The number of anilines is 1. The number of methoxy groups -OCH3 is 1. The van der Waals surface area contributed by atoms with Crippen LogP contribution in [0.4, 0.5) is 5.69 Å². The zero-order valence-electron chi connectivity index (χ0n) is 22.5. The number of phenolic OH excluding ortho intramolecular Hbond substituents is 1. The number of likely N-dealkylation sites (tertiary alicyclic amines) is 1. The summed E-state index contributed by atoms with van der Waals surface area (Å²) in [6, 6.07) is 10.6. The Balaban J connectivity index is 1.51. The molecule has 0 radical (unpaired) electrons. The number of aromatic hydroxyl groups is 1. The number of hydrogen-bond acceptors (Lipinski definition) is 6. The van der Waals surface area contributed by atoms with Gasteiger partial charge in [-0.05, 0) is 83.2 Å². The number of carbonyl (C=O) groups is 4. The lowest BCUT2D eigenvalue weighted by molar-refractivity contribution is -0.138. The normalized spacial score (nSPS) is 32.6. The van der Waals surface area contributed by atoms with Crippen molar-refractivity contribution in [1.29, 1.82) is 0 Å². The quantitative estimate of drug-likeness (QED) is 0.213. The van der Waals surface area contributed by atoms with E-state index in [0.717, 1.165) is 16.9 Å². The molecule has 4 amide bonds. The number of imide groups is 2.